The summed E-state index contributed by atoms with van der Waals surface area (Å²) >= 11 is 0. The largest absolute Gasteiger partial charge is 0.322 e. The minimum absolute atomic E-state index is 0.124. The maximum absolute atomic E-state index is 12.0. The van der Waals surface area contributed by atoms with E-state index < -0.39 is 5.54 Å². The Hall–Kier alpha value is -1.87. The van der Waals surface area contributed by atoms with Gasteiger partial charge in [0.1, 0.15) is 0 Å². The number of hydrogen-bond acceptors (Lipinski definition) is 2. The van der Waals surface area contributed by atoms with E-state index in [9.17, 15) is 4.79 Å². The van der Waals surface area contributed by atoms with Gasteiger partial charge in [-0.2, -0.15) is 0 Å². The minimum Gasteiger partial charge on any atom is -0.322 e. The summed E-state index contributed by atoms with van der Waals surface area (Å²) in [6.45, 7) is 5.68. The smallest absolute Gasteiger partial charge is 0.253 e. The van der Waals surface area contributed by atoms with E-state index in [0.717, 1.165) is 11.3 Å². The number of nitrogens with two attached hydrogens (primary N) is 1. The van der Waals surface area contributed by atoms with Crippen LogP contribution in [-0.2, 0) is 5.54 Å². The maximum atomic E-state index is 12.0. The summed E-state index contributed by atoms with van der Waals surface area (Å²) in [6, 6.07) is 11.7. The first-order valence-electron chi connectivity index (χ1n) is 5.97. The van der Waals surface area contributed by atoms with Gasteiger partial charge in [-0.05, 0) is 38.5 Å². The number of benzene rings is 1. The SMILES string of the molecule is Cc1ccc(-c2ccc(C(C)(C)N)c(=O)[nH]2)cc1. The van der Waals surface area contributed by atoms with Gasteiger partial charge in [-0.1, -0.05) is 29.8 Å². The molecule has 0 amide bonds. The molecule has 2 aromatic rings. The molecule has 0 bridgehead atoms. The number of pyridine rings is 1. The Morgan fingerprint density at radius 2 is 1.67 bits per heavy atom. The lowest BCUT2D eigenvalue weighted by Gasteiger charge is -2.18. The minimum atomic E-state index is -0.626. The van der Waals surface area contributed by atoms with Crippen LogP contribution < -0.4 is 11.3 Å². The first-order chi connectivity index (χ1) is 8.38. The monoisotopic (exact) mass is 242 g/mol. The number of aromatic nitrogens is 1. The van der Waals surface area contributed by atoms with Crippen LogP contribution in [0.1, 0.15) is 25.0 Å². The van der Waals surface area contributed by atoms with Gasteiger partial charge in [0.15, 0.2) is 0 Å². The number of nitrogens with one attached hydrogen (secondary N) is 1. The van der Waals surface area contributed by atoms with Gasteiger partial charge in [-0.15, -0.1) is 0 Å². The average Bonchev–Trinajstić information content (AvgIpc) is 2.28. The average molecular weight is 242 g/mol. The summed E-state index contributed by atoms with van der Waals surface area (Å²) in [5.41, 5.74) is 8.80. The lowest BCUT2D eigenvalue weighted by atomic mass is 9.96. The van der Waals surface area contributed by atoms with Gasteiger partial charge >= 0.3 is 0 Å². The standard InChI is InChI=1S/C15H18N2O/c1-10-4-6-11(7-5-10)13-9-8-12(14(18)17-13)15(2,3)16/h4-9H,16H2,1-3H3,(H,17,18). The van der Waals surface area contributed by atoms with E-state index >= 15 is 0 Å². The summed E-state index contributed by atoms with van der Waals surface area (Å²) in [5.74, 6) is 0. The molecule has 3 heteroatoms. The lowest BCUT2D eigenvalue weighted by molar-refractivity contribution is 0.547. The Morgan fingerprint density at radius 3 is 2.17 bits per heavy atom. The fourth-order valence-electron chi connectivity index (χ4n) is 1.88. The summed E-state index contributed by atoms with van der Waals surface area (Å²) in [5, 5.41) is 0. The second-order valence-electron chi connectivity index (χ2n) is 5.20. The predicted octanol–water partition coefficient (Wildman–Crippen LogP) is 2.54. The third-order valence-corrected chi connectivity index (χ3v) is 2.97. The van der Waals surface area contributed by atoms with Gasteiger partial charge in [-0.3, -0.25) is 4.79 Å². The van der Waals surface area contributed by atoms with Crippen molar-refractivity contribution < 1.29 is 0 Å². The Kier molecular flexibility index (Phi) is 3.09. The van der Waals surface area contributed by atoms with Crippen molar-refractivity contribution in [2.45, 2.75) is 26.3 Å². The molecule has 2 rings (SSSR count). The molecule has 0 unspecified atom stereocenters. The summed E-state index contributed by atoms with van der Waals surface area (Å²) in [4.78, 5) is 14.9. The van der Waals surface area contributed by atoms with E-state index in [1.807, 2.05) is 51.1 Å². The Balaban J connectivity index is 2.47. The molecule has 0 saturated heterocycles. The van der Waals surface area contributed by atoms with E-state index in [1.54, 1.807) is 6.07 Å². The molecule has 1 aromatic carbocycles. The second-order valence-corrected chi connectivity index (χ2v) is 5.20. The fraction of sp³-hybridized carbons (Fsp3) is 0.267. The molecule has 3 N–H and O–H groups in total. The van der Waals surface area contributed by atoms with Crippen LogP contribution in [0, 0.1) is 6.92 Å². The number of aromatic amines is 1. The molecule has 18 heavy (non-hydrogen) atoms. The highest BCUT2D eigenvalue weighted by Gasteiger charge is 2.18. The lowest BCUT2D eigenvalue weighted by Crippen LogP contribution is -2.35. The zero-order valence-electron chi connectivity index (χ0n) is 10.9. The van der Waals surface area contributed by atoms with Gasteiger partial charge in [0.05, 0.1) is 0 Å². The fourth-order valence-corrected chi connectivity index (χ4v) is 1.88. The normalized spacial score (nSPS) is 11.6. The van der Waals surface area contributed by atoms with Crippen LogP contribution in [-0.4, -0.2) is 4.98 Å². The van der Waals surface area contributed by atoms with Gasteiger partial charge in [0, 0.05) is 16.8 Å². The summed E-state index contributed by atoms with van der Waals surface area (Å²) in [6.07, 6.45) is 0. The highest BCUT2D eigenvalue weighted by atomic mass is 16.1. The molecule has 1 heterocycles. The van der Waals surface area contributed by atoms with Crippen LogP contribution in [0.2, 0.25) is 0 Å². The summed E-state index contributed by atoms with van der Waals surface area (Å²) in [7, 11) is 0. The Bertz CT molecular complexity index is 604. The van der Waals surface area contributed by atoms with Crippen LogP contribution in [0.15, 0.2) is 41.2 Å². The van der Waals surface area contributed by atoms with Crippen LogP contribution in [0.4, 0.5) is 0 Å². The number of aryl methyl sites for hydroxylation is 1. The van der Waals surface area contributed by atoms with E-state index in [4.69, 9.17) is 5.73 Å². The molecule has 3 nitrogen and oxygen atoms in total. The number of H-pyrrole nitrogens is 1. The molecule has 0 fully saturated rings. The zero-order valence-corrected chi connectivity index (χ0v) is 10.9. The molecule has 0 aliphatic carbocycles. The molecular weight excluding hydrogens is 224 g/mol. The highest BCUT2D eigenvalue weighted by molar-refractivity contribution is 5.59. The molecule has 0 saturated carbocycles. The quantitative estimate of drug-likeness (QED) is 0.850. The van der Waals surface area contributed by atoms with Crippen molar-refractivity contribution in [3.05, 3.63) is 57.9 Å². The molecule has 0 spiro atoms. The molecular formula is C15H18N2O. The summed E-state index contributed by atoms with van der Waals surface area (Å²) < 4.78 is 0. The molecule has 94 valence electrons. The van der Waals surface area contributed by atoms with Gasteiger partial charge in [-0.25, -0.2) is 0 Å². The molecule has 0 aliphatic heterocycles. The molecule has 1 aromatic heterocycles. The van der Waals surface area contributed by atoms with Gasteiger partial charge in [0.25, 0.3) is 5.56 Å². The molecule has 0 aliphatic rings. The van der Waals surface area contributed by atoms with Crippen LogP contribution in [0.5, 0.6) is 0 Å². The van der Waals surface area contributed by atoms with Crippen molar-refractivity contribution in [3.63, 3.8) is 0 Å². The molecule has 0 atom stereocenters. The van der Waals surface area contributed by atoms with E-state index in [1.165, 1.54) is 5.56 Å². The topological polar surface area (TPSA) is 58.9 Å². The number of hydrogen-bond donors (Lipinski definition) is 2. The maximum Gasteiger partial charge on any atom is 0.253 e. The van der Waals surface area contributed by atoms with Crippen LogP contribution in [0.3, 0.4) is 0 Å². The zero-order chi connectivity index (χ0) is 13.3. The van der Waals surface area contributed by atoms with Crippen LogP contribution >= 0.6 is 0 Å². The van der Waals surface area contributed by atoms with Gasteiger partial charge in [0.2, 0.25) is 0 Å². The first-order valence-corrected chi connectivity index (χ1v) is 5.97. The highest BCUT2D eigenvalue weighted by Crippen LogP contribution is 2.18. The van der Waals surface area contributed by atoms with Crippen LogP contribution in [0.25, 0.3) is 11.3 Å². The van der Waals surface area contributed by atoms with Crippen molar-refractivity contribution in [1.82, 2.24) is 4.98 Å². The van der Waals surface area contributed by atoms with Crippen molar-refractivity contribution in [2.75, 3.05) is 0 Å². The van der Waals surface area contributed by atoms with Crippen molar-refractivity contribution in [3.8, 4) is 11.3 Å². The Morgan fingerprint density at radius 1 is 1.06 bits per heavy atom. The Labute approximate surface area is 107 Å². The van der Waals surface area contributed by atoms with Crippen molar-refractivity contribution >= 4 is 0 Å². The van der Waals surface area contributed by atoms with E-state index in [2.05, 4.69) is 4.98 Å². The second kappa shape index (κ2) is 4.42. The first kappa shape index (κ1) is 12.6. The predicted molar refractivity (Wildman–Crippen MR) is 74.4 cm³/mol. The van der Waals surface area contributed by atoms with E-state index in [-0.39, 0.29) is 5.56 Å². The third-order valence-electron chi connectivity index (χ3n) is 2.97. The molecule has 0 radical (unpaired) electrons. The van der Waals surface area contributed by atoms with E-state index in [0.29, 0.717) is 5.56 Å². The number of rotatable bonds is 2. The van der Waals surface area contributed by atoms with Crippen molar-refractivity contribution in [1.29, 1.82) is 0 Å². The van der Waals surface area contributed by atoms with Crippen molar-refractivity contribution in [2.24, 2.45) is 5.73 Å². The third kappa shape index (κ3) is 2.51. The van der Waals surface area contributed by atoms with Gasteiger partial charge < -0.3 is 10.7 Å².